The number of alkyl halides is 1. The van der Waals surface area contributed by atoms with E-state index in [1.54, 1.807) is 34.6 Å². The molecule has 5 heteroatoms. The summed E-state index contributed by atoms with van der Waals surface area (Å²) in [7, 11) is 3.56. The highest BCUT2D eigenvalue weighted by Gasteiger charge is 2.14. The first kappa shape index (κ1) is 12.5. The van der Waals surface area contributed by atoms with E-state index >= 15 is 0 Å². The first-order valence-electron chi connectivity index (χ1n) is 5.92. The smallest absolute Gasteiger partial charge is 0.295 e. The number of hydrogen-bond donors (Lipinski definition) is 0. The van der Waals surface area contributed by atoms with Crippen LogP contribution in [0.25, 0.3) is 11.0 Å². The highest BCUT2D eigenvalue weighted by molar-refractivity contribution is 7.10. The van der Waals surface area contributed by atoms with Crippen LogP contribution in [-0.4, -0.2) is 9.13 Å². The SMILES string of the molecule is Cn1c(=O)n(C)c2cc(C(Cl)c3cccs3)ccc21. The molecule has 0 fully saturated rings. The van der Waals surface area contributed by atoms with E-state index in [9.17, 15) is 4.79 Å². The van der Waals surface area contributed by atoms with Crippen LogP contribution < -0.4 is 5.69 Å². The fourth-order valence-corrected chi connectivity index (χ4v) is 3.37. The van der Waals surface area contributed by atoms with E-state index in [0.29, 0.717) is 0 Å². The van der Waals surface area contributed by atoms with Crippen LogP contribution in [0.15, 0.2) is 40.5 Å². The molecule has 0 bridgehead atoms. The Morgan fingerprint density at radius 3 is 2.58 bits per heavy atom. The van der Waals surface area contributed by atoms with Crippen molar-refractivity contribution < 1.29 is 0 Å². The minimum Gasteiger partial charge on any atom is -0.295 e. The van der Waals surface area contributed by atoms with E-state index in [1.165, 1.54) is 0 Å². The van der Waals surface area contributed by atoms with Crippen LogP contribution in [0.4, 0.5) is 0 Å². The van der Waals surface area contributed by atoms with Crippen molar-refractivity contribution in [2.75, 3.05) is 0 Å². The number of halogens is 1. The van der Waals surface area contributed by atoms with Gasteiger partial charge in [0.1, 0.15) is 0 Å². The second-order valence-electron chi connectivity index (χ2n) is 4.53. The molecule has 0 aliphatic rings. The Labute approximate surface area is 119 Å². The second-order valence-corrected chi connectivity index (χ2v) is 5.94. The molecule has 98 valence electrons. The molecule has 0 N–H and O–H groups in total. The third kappa shape index (κ3) is 1.91. The second kappa shape index (κ2) is 4.54. The number of imidazole rings is 1. The van der Waals surface area contributed by atoms with Gasteiger partial charge >= 0.3 is 5.69 Å². The van der Waals surface area contributed by atoms with Crippen molar-refractivity contribution >= 4 is 34.0 Å². The van der Waals surface area contributed by atoms with Crippen molar-refractivity contribution in [3.63, 3.8) is 0 Å². The van der Waals surface area contributed by atoms with Crippen LogP contribution in [0.3, 0.4) is 0 Å². The third-order valence-corrected chi connectivity index (χ3v) is 4.94. The van der Waals surface area contributed by atoms with Gasteiger partial charge in [0.2, 0.25) is 0 Å². The highest BCUT2D eigenvalue weighted by Crippen LogP contribution is 2.33. The molecule has 0 spiro atoms. The van der Waals surface area contributed by atoms with Crippen LogP contribution >= 0.6 is 22.9 Å². The fraction of sp³-hybridized carbons (Fsp3) is 0.214. The molecule has 1 atom stereocenters. The maximum Gasteiger partial charge on any atom is 0.328 e. The largest absolute Gasteiger partial charge is 0.328 e. The number of benzene rings is 1. The maximum atomic E-state index is 11.9. The Hall–Kier alpha value is -1.52. The Balaban J connectivity index is 2.17. The number of fused-ring (bicyclic) bond motifs is 1. The lowest BCUT2D eigenvalue weighted by Crippen LogP contribution is -2.19. The van der Waals surface area contributed by atoms with E-state index < -0.39 is 0 Å². The molecule has 0 saturated carbocycles. The van der Waals surface area contributed by atoms with Crippen LogP contribution in [-0.2, 0) is 14.1 Å². The van der Waals surface area contributed by atoms with Crippen LogP contribution in [0.2, 0.25) is 0 Å². The summed E-state index contributed by atoms with van der Waals surface area (Å²) in [5.41, 5.74) is 2.82. The van der Waals surface area contributed by atoms with Gasteiger partial charge < -0.3 is 0 Å². The predicted octanol–water partition coefficient (Wildman–Crippen LogP) is 3.27. The van der Waals surface area contributed by atoms with E-state index in [4.69, 9.17) is 11.6 Å². The zero-order chi connectivity index (χ0) is 13.6. The predicted molar refractivity (Wildman–Crippen MR) is 80.2 cm³/mol. The molecule has 0 amide bonds. The van der Waals surface area contributed by atoms with Crippen molar-refractivity contribution in [2.24, 2.45) is 14.1 Å². The Morgan fingerprint density at radius 1 is 1.16 bits per heavy atom. The number of aromatic nitrogens is 2. The summed E-state index contributed by atoms with van der Waals surface area (Å²) >= 11 is 8.13. The molecule has 3 nitrogen and oxygen atoms in total. The topological polar surface area (TPSA) is 26.9 Å². The molecule has 2 aromatic heterocycles. The van der Waals surface area contributed by atoms with Gasteiger partial charge in [-0.05, 0) is 29.1 Å². The molecule has 0 saturated heterocycles. The monoisotopic (exact) mass is 292 g/mol. The zero-order valence-electron chi connectivity index (χ0n) is 10.6. The van der Waals surface area contributed by atoms with Gasteiger partial charge in [0.05, 0.1) is 16.4 Å². The molecule has 1 unspecified atom stereocenters. The number of thiophene rings is 1. The lowest BCUT2D eigenvalue weighted by atomic mass is 10.1. The van der Waals surface area contributed by atoms with Crippen molar-refractivity contribution in [1.82, 2.24) is 9.13 Å². The summed E-state index contributed by atoms with van der Waals surface area (Å²) in [6.45, 7) is 0. The van der Waals surface area contributed by atoms with Gasteiger partial charge in [-0.25, -0.2) is 4.79 Å². The first-order chi connectivity index (χ1) is 9.09. The average Bonchev–Trinajstić information content (AvgIpc) is 3.03. The molecule has 3 aromatic rings. The summed E-state index contributed by atoms with van der Waals surface area (Å²) in [5.74, 6) is 0. The molecule has 0 aliphatic carbocycles. The summed E-state index contributed by atoms with van der Waals surface area (Å²) in [6, 6.07) is 9.95. The van der Waals surface area contributed by atoms with Crippen molar-refractivity contribution in [3.8, 4) is 0 Å². The van der Waals surface area contributed by atoms with Gasteiger partial charge in [-0.3, -0.25) is 9.13 Å². The van der Waals surface area contributed by atoms with Gasteiger partial charge in [-0.1, -0.05) is 12.1 Å². The Kier molecular flexibility index (Phi) is 2.99. The normalized spacial score (nSPS) is 13.0. The van der Waals surface area contributed by atoms with Crippen LogP contribution in [0.1, 0.15) is 15.8 Å². The van der Waals surface area contributed by atoms with Gasteiger partial charge in [-0.15, -0.1) is 22.9 Å². The van der Waals surface area contributed by atoms with Crippen LogP contribution in [0, 0.1) is 0 Å². The van der Waals surface area contributed by atoms with Gasteiger partial charge in [-0.2, -0.15) is 0 Å². The minimum atomic E-state index is -0.167. The molecular formula is C14H13ClN2OS. The van der Waals surface area contributed by atoms with Gasteiger partial charge in [0.15, 0.2) is 0 Å². The van der Waals surface area contributed by atoms with Gasteiger partial charge in [0, 0.05) is 19.0 Å². The van der Waals surface area contributed by atoms with E-state index in [1.807, 2.05) is 35.7 Å². The maximum absolute atomic E-state index is 11.9. The number of hydrogen-bond acceptors (Lipinski definition) is 2. The molecule has 0 radical (unpaired) electrons. The summed E-state index contributed by atoms with van der Waals surface area (Å²) < 4.78 is 3.30. The molecular weight excluding hydrogens is 280 g/mol. The summed E-state index contributed by atoms with van der Waals surface area (Å²) in [5, 5.41) is 1.85. The highest BCUT2D eigenvalue weighted by atomic mass is 35.5. The Morgan fingerprint density at radius 2 is 1.89 bits per heavy atom. The number of nitrogens with zero attached hydrogens (tertiary/aromatic N) is 2. The molecule has 19 heavy (non-hydrogen) atoms. The number of aryl methyl sites for hydroxylation is 2. The first-order valence-corrected chi connectivity index (χ1v) is 7.24. The molecule has 0 aliphatic heterocycles. The lowest BCUT2D eigenvalue weighted by molar-refractivity contribution is 0.795. The summed E-state index contributed by atoms with van der Waals surface area (Å²) in [6.07, 6.45) is 0. The molecule has 1 aromatic carbocycles. The molecule has 2 heterocycles. The van der Waals surface area contributed by atoms with Crippen molar-refractivity contribution in [3.05, 3.63) is 56.6 Å². The van der Waals surface area contributed by atoms with Crippen molar-refractivity contribution in [1.29, 1.82) is 0 Å². The van der Waals surface area contributed by atoms with Crippen LogP contribution in [0.5, 0.6) is 0 Å². The quantitative estimate of drug-likeness (QED) is 0.666. The Bertz CT molecular complexity index is 786. The number of rotatable bonds is 2. The average molecular weight is 293 g/mol. The third-order valence-electron chi connectivity index (χ3n) is 3.38. The van der Waals surface area contributed by atoms with E-state index in [2.05, 4.69) is 0 Å². The lowest BCUT2D eigenvalue weighted by Gasteiger charge is -2.08. The minimum absolute atomic E-state index is 0.0191. The van der Waals surface area contributed by atoms with E-state index in [-0.39, 0.29) is 11.1 Å². The zero-order valence-corrected chi connectivity index (χ0v) is 12.2. The fourth-order valence-electron chi connectivity index (χ4n) is 2.28. The molecule has 3 rings (SSSR count). The van der Waals surface area contributed by atoms with Crippen molar-refractivity contribution in [2.45, 2.75) is 5.38 Å². The summed E-state index contributed by atoms with van der Waals surface area (Å²) in [4.78, 5) is 13.0. The standard InChI is InChI=1S/C14H13ClN2OS/c1-16-10-6-5-9(8-11(10)17(2)14(16)18)13(15)12-4-3-7-19-12/h3-8,13H,1-2H3. The van der Waals surface area contributed by atoms with E-state index in [0.717, 1.165) is 21.5 Å². The van der Waals surface area contributed by atoms with Gasteiger partial charge in [0.25, 0.3) is 0 Å².